The van der Waals surface area contributed by atoms with Crippen molar-refractivity contribution < 1.29 is 4.79 Å². The molecule has 4 rings (SSSR count). The Bertz CT molecular complexity index is 774. The van der Waals surface area contributed by atoms with Gasteiger partial charge in [-0.05, 0) is 30.2 Å². The van der Waals surface area contributed by atoms with Crippen LogP contribution in [0.4, 0.5) is 5.69 Å². The highest BCUT2D eigenvalue weighted by Crippen LogP contribution is 2.32. The second-order valence-electron chi connectivity index (χ2n) is 8.23. The minimum absolute atomic E-state index is 0.271. The lowest BCUT2D eigenvalue weighted by Crippen LogP contribution is -2.47. The van der Waals surface area contributed by atoms with Crippen LogP contribution in [0.1, 0.15) is 17.9 Å². The van der Waals surface area contributed by atoms with Gasteiger partial charge in [0.05, 0.1) is 0 Å². The Morgan fingerprint density at radius 2 is 1.55 bits per heavy atom. The van der Waals surface area contributed by atoms with Crippen LogP contribution in [0, 0.1) is 5.92 Å². The topological polar surface area (TPSA) is 52.8 Å². The molecular weight excluding hydrogens is 360 g/mol. The van der Waals surface area contributed by atoms with Crippen molar-refractivity contribution in [2.45, 2.75) is 12.3 Å². The van der Waals surface area contributed by atoms with Gasteiger partial charge in [0, 0.05) is 63.8 Å². The average molecular weight is 393 g/mol. The highest BCUT2D eigenvalue weighted by Gasteiger charge is 2.35. The summed E-state index contributed by atoms with van der Waals surface area (Å²) in [5.41, 5.74) is 8.62. The Hall–Kier alpha value is -2.37. The number of benzene rings is 2. The first kappa shape index (κ1) is 19.9. The first-order valence-corrected chi connectivity index (χ1v) is 10.8. The van der Waals surface area contributed by atoms with Crippen molar-refractivity contribution in [3.63, 3.8) is 0 Å². The van der Waals surface area contributed by atoms with Crippen molar-refractivity contribution >= 4 is 11.6 Å². The summed E-state index contributed by atoms with van der Waals surface area (Å²) in [6.45, 7) is 7.14. The number of carbonyl (C=O) groups is 1. The first-order valence-electron chi connectivity index (χ1n) is 10.8. The van der Waals surface area contributed by atoms with E-state index >= 15 is 0 Å². The van der Waals surface area contributed by atoms with E-state index in [1.807, 2.05) is 11.0 Å². The Kier molecular flexibility index (Phi) is 6.47. The molecule has 2 fully saturated rings. The van der Waals surface area contributed by atoms with Crippen molar-refractivity contribution in [2.75, 3.05) is 57.3 Å². The van der Waals surface area contributed by atoms with Crippen LogP contribution in [0.5, 0.6) is 0 Å². The summed E-state index contributed by atoms with van der Waals surface area (Å²) < 4.78 is 0. The van der Waals surface area contributed by atoms with E-state index in [1.165, 1.54) is 11.3 Å². The Balaban J connectivity index is 1.25. The van der Waals surface area contributed by atoms with Crippen LogP contribution >= 0.6 is 0 Å². The zero-order valence-electron chi connectivity index (χ0n) is 17.1. The second kappa shape index (κ2) is 9.42. The van der Waals surface area contributed by atoms with Crippen molar-refractivity contribution in [3.8, 4) is 0 Å². The number of piperazine rings is 1. The largest absolute Gasteiger partial charge is 0.369 e. The van der Waals surface area contributed by atoms with Gasteiger partial charge in [0.15, 0.2) is 0 Å². The fourth-order valence-corrected chi connectivity index (χ4v) is 4.67. The number of rotatable bonds is 6. The van der Waals surface area contributed by atoms with Gasteiger partial charge in [0.25, 0.3) is 0 Å². The molecule has 2 aromatic carbocycles. The zero-order valence-corrected chi connectivity index (χ0v) is 17.1. The third kappa shape index (κ3) is 4.80. The fourth-order valence-electron chi connectivity index (χ4n) is 4.67. The van der Waals surface area contributed by atoms with E-state index in [0.29, 0.717) is 24.8 Å². The van der Waals surface area contributed by atoms with Gasteiger partial charge in [-0.15, -0.1) is 0 Å². The van der Waals surface area contributed by atoms with Gasteiger partial charge in [0.2, 0.25) is 5.91 Å². The summed E-state index contributed by atoms with van der Waals surface area (Å²) in [6, 6.07) is 21.1. The van der Waals surface area contributed by atoms with Gasteiger partial charge in [-0.25, -0.2) is 0 Å². The van der Waals surface area contributed by atoms with E-state index < -0.39 is 0 Å². The smallest absolute Gasteiger partial charge is 0.223 e. The SMILES string of the molecule is NC[C@@H]1CN(C(=O)CCN2CCN(c3ccccc3)CC2)C[C@H]1c1ccccc1. The monoisotopic (exact) mass is 392 g/mol. The molecule has 2 atom stereocenters. The Labute approximate surface area is 174 Å². The lowest BCUT2D eigenvalue weighted by Gasteiger charge is -2.36. The van der Waals surface area contributed by atoms with Crippen molar-refractivity contribution in [1.82, 2.24) is 9.80 Å². The predicted octanol–water partition coefficient (Wildman–Crippen LogP) is 2.40. The molecule has 2 heterocycles. The number of nitrogens with two attached hydrogens (primary N) is 1. The number of para-hydroxylation sites is 1. The molecule has 5 heteroatoms. The molecule has 2 aliphatic rings. The number of amides is 1. The highest BCUT2D eigenvalue weighted by atomic mass is 16.2. The van der Waals surface area contributed by atoms with Crippen molar-refractivity contribution in [3.05, 3.63) is 66.2 Å². The Morgan fingerprint density at radius 1 is 0.897 bits per heavy atom. The van der Waals surface area contributed by atoms with Crippen molar-refractivity contribution in [2.24, 2.45) is 11.7 Å². The number of hydrogen-bond donors (Lipinski definition) is 1. The quantitative estimate of drug-likeness (QED) is 0.820. The van der Waals surface area contributed by atoms with Crippen LogP contribution in [0.15, 0.2) is 60.7 Å². The Morgan fingerprint density at radius 3 is 2.21 bits per heavy atom. The maximum absolute atomic E-state index is 12.9. The lowest BCUT2D eigenvalue weighted by molar-refractivity contribution is -0.130. The zero-order chi connectivity index (χ0) is 20.1. The molecule has 1 amide bonds. The van der Waals surface area contributed by atoms with E-state index in [0.717, 1.165) is 45.8 Å². The molecule has 0 saturated carbocycles. The van der Waals surface area contributed by atoms with Gasteiger partial charge in [0.1, 0.15) is 0 Å². The minimum atomic E-state index is 0.271. The average Bonchev–Trinajstić information content (AvgIpc) is 3.24. The molecule has 29 heavy (non-hydrogen) atoms. The number of hydrogen-bond acceptors (Lipinski definition) is 4. The molecule has 2 aromatic rings. The minimum Gasteiger partial charge on any atom is -0.369 e. The third-order valence-corrected chi connectivity index (χ3v) is 6.46. The molecular formula is C24H32N4O. The van der Waals surface area contributed by atoms with Crippen LogP contribution in [0.25, 0.3) is 0 Å². The van der Waals surface area contributed by atoms with Crippen LogP contribution in [-0.2, 0) is 4.79 Å². The maximum atomic E-state index is 12.9. The standard InChI is InChI=1S/C24H32N4O/c25-17-21-18-28(19-23(21)20-7-3-1-4-8-20)24(29)11-12-26-13-15-27(16-14-26)22-9-5-2-6-10-22/h1-10,21,23H,11-19,25H2/t21-,23+/m1/s1. The number of carbonyl (C=O) groups excluding carboxylic acids is 1. The van der Waals surface area contributed by atoms with E-state index in [4.69, 9.17) is 5.73 Å². The van der Waals surface area contributed by atoms with Crippen molar-refractivity contribution in [1.29, 1.82) is 0 Å². The summed E-state index contributed by atoms with van der Waals surface area (Å²) in [6.07, 6.45) is 0.601. The highest BCUT2D eigenvalue weighted by molar-refractivity contribution is 5.77. The van der Waals surface area contributed by atoms with Gasteiger partial charge < -0.3 is 15.5 Å². The molecule has 154 valence electrons. The lowest BCUT2D eigenvalue weighted by atomic mass is 9.89. The van der Waals surface area contributed by atoms with E-state index in [2.05, 4.69) is 64.4 Å². The van der Waals surface area contributed by atoms with Crippen LogP contribution in [0.3, 0.4) is 0 Å². The molecule has 2 saturated heterocycles. The van der Waals surface area contributed by atoms with E-state index in [9.17, 15) is 4.79 Å². The maximum Gasteiger partial charge on any atom is 0.223 e. The molecule has 0 radical (unpaired) electrons. The molecule has 0 aromatic heterocycles. The van der Waals surface area contributed by atoms with Crippen LogP contribution in [0.2, 0.25) is 0 Å². The molecule has 0 aliphatic carbocycles. The number of anilines is 1. The summed E-state index contributed by atoms with van der Waals surface area (Å²) >= 11 is 0. The van der Waals surface area contributed by atoms with E-state index in [-0.39, 0.29) is 5.91 Å². The second-order valence-corrected chi connectivity index (χ2v) is 8.23. The molecule has 0 spiro atoms. The normalized spacial score (nSPS) is 22.8. The van der Waals surface area contributed by atoms with Gasteiger partial charge in [-0.1, -0.05) is 48.5 Å². The molecule has 2 N–H and O–H groups in total. The van der Waals surface area contributed by atoms with Crippen LogP contribution < -0.4 is 10.6 Å². The van der Waals surface area contributed by atoms with Crippen LogP contribution in [-0.4, -0.2) is 68.1 Å². The summed E-state index contributed by atoms with van der Waals surface area (Å²) in [7, 11) is 0. The molecule has 5 nitrogen and oxygen atoms in total. The fraction of sp³-hybridized carbons (Fsp3) is 0.458. The number of nitrogens with zero attached hydrogens (tertiary/aromatic N) is 3. The molecule has 0 bridgehead atoms. The van der Waals surface area contributed by atoms with Gasteiger partial charge in [-0.2, -0.15) is 0 Å². The molecule has 0 unspecified atom stereocenters. The number of likely N-dealkylation sites (tertiary alicyclic amines) is 1. The van der Waals surface area contributed by atoms with Gasteiger partial charge >= 0.3 is 0 Å². The van der Waals surface area contributed by atoms with Gasteiger partial charge in [-0.3, -0.25) is 9.69 Å². The summed E-state index contributed by atoms with van der Waals surface area (Å²) in [4.78, 5) is 19.7. The molecule has 2 aliphatic heterocycles. The summed E-state index contributed by atoms with van der Waals surface area (Å²) in [5.74, 6) is 0.989. The first-order chi connectivity index (χ1) is 14.2. The summed E-state index contributed by atoms with van der Waals surface area (Å²) in [5, 5.41) is 0. The van der Waals surface area contributed by atoms with E-state index in [1.54, 1.807) is 0 Å². The predicted molar refractivity (Wildman–Crippen MR) is 118 cm³/mol. The third-order valence-electron chi connectivity index (χ3n) is 6.46.